The predicted molar refractivity (Wildman–Crippen MR) is 109 cm³/mol. The van der Waals surface area contributed by atoms with Gasteiger partial charge in [0.1, 0.15) is 12.4 Å². The monoisotopic (exact) mass is 434 g/mol. The van der Waals surface area contributed by atoms with E-state index in [-0.39, 0.29) is 30.2 Å². The summed E-state index contributed by atoms with van der Waals surface area (Å²) in [4.78, 5) is 38.7. The summed E-state index contributed by atoms with van der Waals surface area (Å²) in [7, 11) is 0. The standard InChI is InChI=1S/C20H20Cl2N4O3/c21-15-7-3-4-12(18(15)22)10-26-16(8-9-23-26)24-17(27)11-25-19(28)13-5-1-2-6-14(13)20(25)29/h3-4,7-9,13-14H,1-2,5-6,10-11H2,(H,24,27). The SMILES string of the molecule is O=C(CN1C(=O)C2CCCCC2C1=O)Nc1ccnn1Cc1cccc(Cl)c1Cl. The van der Waals surface area contributed by atoms with Gasteiger partial charge in [-0.15, -0.1) is 0 Å². The summed E-state index contributed by atoms with van der Waals surface area (Å²) in [6, 6.07) is 6.95. The van der Waals surface area contributed by atoms with E-state index in [0.29, 0.717) is 22.4 Å². The molecule has 152 valence electrons. The van der Waals surface area contributed by atoms with Crippen molar-refractivity contribution in [2.45, 2.75) is 32.2 Å². The Kier molecular flexibility index (Phi) is 5.61. The molecule has 3 amide bonds. The molecule has 0 radical (unpaired) electrons. The maximum Gasteiger partial charge on any atom is 0.245 e. The number of fused-ring (bicyclic) bond motifs is 1. The molecular weight excluding hydrogens is 415 g/mol. The summed E-state index contributed by atoms with van der Waals surface area (Å²) < 4.78 is 1.57. The number of nitrogens with zero attached hydrogens (tertiary/aromatic N) is 3. The molecule has 29 heavy (non-hydrogen) atoms. The normalized spacial score (nSPS) is 21.4. The van der Waals surface area contributed by atoms with Gasteiger partial charge in [0.25, 0.3) is 0 Å². The fourth-order valence-electron chi connectivity index (χ4n) is 4.11. The van der Waals surface area contributed by atoms with Crippen molar-refractivity contribution >= 4 is 46.7 Å². The van der Waals surface area contributed by atoms with E-state index in [1.54, 1.807) is 29.1 Å². The zero-order chi connectivity index (χ0) is 20.5. The highest BCUT2D eigenvalue weighted by atomic mass is 35.5. The molecule has 4 rings (SSSR count). The van der Waals surface area contributed by atoms with Gasteiger partial charge in [-0.2, -0.15) is 5.10 Å². The number of rotatable bonds is 5. The van der Waals surface area contributed by atoms with Crippen LogP contribution in [-0.2, 0) is 20.9 Å². The second-order valence-corrected chi connectivity index (χ2v) is 8.18. The van der Waals surface area contributed by atoms with Crippen molar-refractivity contribution in [3.8, 4) is 0 Å². The average molecular weight is 435 g/mol. The van der Waals surface area contributed by atoms with Gasteiger partial charge >= 0.3 is 0 Å². The Bertz CT molecular complexity index is 950. The van der Waals surface area contributed by atoms with Gasteiger partial charge in [-0.05, 0) is 24.5 Å². The van der Waals surface area contributed by atoms with Crippen LogP contribution >= 0.6 is 23.2 Å². The molecule has 1 aromatic carbocycles. The van der Waals surface area contributed by atoms with E-state index >= 15 is 0 Å². The largest absolute Gasteiger partial charge is 0.309 e. The van der Waals surface area contributed by atoms with Crippen molar-refractivity contribution in [3.05, 3.63) is 46.1 Å². The van der Waals surface area contributed by atoms with Gasteiger partial charge in [0.2, 0.25) is 17.7 Å². The molecule has 0 bridgehead atoms. The molecule has 0 spiro atoms. The van der Waals surface area contributed by atoms with Crippen LogP contribution in [0.25, 0.3) is 0 Å². The summed E-state index contributed by atoms with van der Waals surface area (Å²) in [6.45, 7) is 0.0293. The third kappa shape index (κ3) is 3.89. The molecule has 1 saturated carbocycles. The molecule has 2 atom stereocenters. The molecule has 9 heteroatoms. The van der Waals surface area contributed by atoms with Crippen LogP contribution in [0.3, 0.4) is 0 Å². The number of likely N-dealkylation sites (tertiary alicyclic amines) is 1. The number of anilines is 1. The lowest BCUT2D eigenvalue weighted by molar-refractivity contribution is -0.142. The predicted octanol–water partition coefficient (Wildman–Crippen LogP) is 3.35. The summed E-state index contributed by atoms with van der Waals surface area (Å²) in [5.74, 6) is -0.978. The number of aromatic nitrogens is 2. The van der Waals surface area contributed by atoms with Crippen molar-refractivity contribution in [1.82, 2.24) is 14.7 Å². The number of benzene rings is 1. The minimum Gasteiger partial charge on any atom is -0.309 e. The number of amides is 3. The van der Waals surface area contributed by atoms with Gasteiger partial charge in [-0.25, -0.2) is 4.68 Å². The molecule has 1 saturated heterocycles. The zero-order valence-corrected chi connectivity index (χ0v) is 17.1. The Hall–Kier alpha value is -2.38. The number of halogens is 2. The van der Waals surface area contributed by atoms with Gasteiger partial charge in [0, 0.05) is 6.07 Å². The highest BCUT2D eigenvalue weighted by Gasteiger charge is 2.48. The van der Waals surface area contributed by atoms with Crippen LogP contribution in [0.5, 0.6) is 0 Å². The Morgan fingerprint density at radius 2 is 1.79 bits per heavy atom. The van der Waals surface area contributed by atoms with Gasteiger partial charge in [-0.3, -0.25) is 19.3 Å². The number of hydrogen-bond acceptors (Lipinski definition) is 4. The van der Waals surface area contributed by atoms with Gasteiger partial charge in [0.05, 0.1) is 34.6 Å². The van der Waals surface area contributed by atoms with Crippen LogP contribution < -0.4 is 5.32 Å². The van der Waals surface area contributed by atoms with Crippen molar-refractivity contribution in [1.29, 1.82) is 0 Å². The first-order chi connectivity index (χ1) is 14.0. The lowest BCUT2D eigenvalue weighted by atomic mass is 9.81. The highest BCUT2D eigenvalue weighted by Crippen LogP contribution is 2.37. The van der Waals surface area contributed by atoms with Crippen LogP contribution in [-0.4, -0.2) is 38.9 Å². The first-order valence-electron chi connectivity index (χ1n) is 9.55. The molecule has 2 heterocycles. The number of carbonyl (C=O) groups is 3. The first kappa shape index (κ1) is 19.9. The third-order valence-electron chi connectivity index (χ3n) is 5.57. The van der Waals surface area contributed by atoms with Crippen molar-refractivity contribution in [3.63, 3.8) is 0 Å². The third-order valence-corrected chi connectivity index (χ3v) is 6.43. The van der Waals surface area contributed by atoms with Crippen molar-refractivity contribution in [2.75, 3.05) is 11.9 Å². The van der Waals surface area contributed by atoms with E-state index in [2.05, 4.69) is 10.4 Å². The molecule has 1 aliphatic heterocycles. The average Bonchev–Trinajstić information content (AvgIpc) is 3.24. The lowest BCUT2D eigenvalue weighted by Crippen LogP contribution is -2.38. The topological polar surface area (TPSA) is 84.3 Å². The quantitative estimate of drug-likeness (QED) is 0.731. The summed E-state index contributed by atoms with van der Waals surface area (Å²) in [5, 5.41) is 7.81. The summed E-state index contributed by atoms with van der Waals surface area (Å²) in [6.07, 6.45) is 4.90. The van der Waals surface area contributed by atoms with Crippen LogP contribution in [0.2, 0.25) is 10.0 Å². The van der Waals surface area contributed by atoms with Crippen molar-refractivity contribution in [2.24, 2.45) is 11.8 Å². The van der Waals surface area contributed by atoms with E-state index in [9.17, 15) is 14.4 Å². The van der Waals surface area contributed by atoms with Gasteiger partial charge < -0.3 is 5.32 Å². The van der Waals surface area contributed by atoms with Gasteiger partial charge in [0.15, 0.2) is 0 Å². The maximum atomic E-state index is 12.5. The Balaban J connectivity index is 1.43. The smallest absolute Gasteiger partial charge is 0.245 e. The highest BCUT2D eigenvalue weighted by molar-refractivity contribution is 6.42. The molecule has 2 unspecified atom stereocenters. The van der Waals surface area contributed by atoms with Gasteiger partial charge in [-0.1, -0.05) is 48.2 Å². The lowest BCUT2D eigenvalue weighted by Gasteiger charge is -2.19. The molecule has 2 aromatic rings. The van der Waals surface area contributed by atoms with E-state index in [1.165, 1.54) is 0 Å². The van der Waals surface area contributed by atoms with E-state index in [0.717, 1.165) is 36.1 Å². The minimum atomic E-state index is -0.440. The molecule has 1 aliphatic carbocycles. The Morgan fingerprint density at radius 1 is 1.10 bits per heavy atom. The molecular formula is C20H20Cl2N4O3. The number of nitrogens with one attached hydrogen (secondary N) is 1. The van der Waals surface area contributed by atoms with E-state index < -0.39 is 5.91 Å². The van der Waals surface area contributed by atoms with Crippen LogP contribution in [0, 0.1) is 11.8 Å². The first-order valence-corrected chi connectivity index (χ1v) is 10.3. The molecule has 2 aliphatic rings. The molecule has 2 fully saturated rings. The fraction of sp³-hybridized carbons (Fsp3) is 0.400. The van der Waals surface area contributed by atoms with Crippen molar-refractivity contribution < 1.29 is 14.4 Å². The number of hydrogen-bond donors (Lipinski definition) is 1. The Morgan fingerprint density at radius 3 is 2.48 bits per heavy atom. The zero-order valence-electron chi connectivity index (χ0n) is 15.6. The molecule has 7 nitrogen and oxygen atoms in total. The summed E-state index contributed by atoms with van der Waals surface area (Å²) >= 11 is 12.3. The maximum absolute atomic E-state index is 12.5. The summed E-state index contributed by atoms with van der Waals surface area (Å²) in [5.41, 5.74) is 0.757. The van der Waals surface area contributed by atoms with E-state index in [4.69, 9.17) is 23.2 Å². The van der Waals surface area contributed by atoms with Crippen LogP contribution in [0.1, 0.15) is 31.2 Å². The van der Waals surface area contributed by atoms with Crippen LogP contribution in [0.15, 0.2) is 30.5 Å². The second kappa shape index (κ2) is 8.16. The van der Waals surface area contributed by atoms with Crippen LogP contribution in [0.4, 0.5) is 5.82 Å². The number of imide groups is 1. The Labute approximate surface area is 177 Å². The second-order valence-electron chi connectivity index (χ2n) is 7.40. The molecule has 1 N–H and O–H groups in total. The molecule has 1 aromatic heterocycles. The number of carbonyl (C=O) groups excluding carboxylic acids is 3. The fourth-order valence-corrected chi connectivity index (χ4v) is 4.49. The minimum absolute atomic E-state index is 0.228. The van der Waals surface area contributed by atoms with E-state index in [1.807, 2.05) is 6.07 Å².